The Hall–Kier alpha value is 0.0700. The molecule has 0 aromatic heterocycles. The molecule has 1 saturated heterocycles. The predicted octanol–water partition coefficient (Wildman–Crippen LogP) is -1.35. The summed E-state index contributed by atoms with van der Waals surface area (Å²) < 4.78 is 10.6. The van der Waals surface area contributed by atoms with E-state index in [0.29, 0.717) is 24.6 Å². The third-order valence-electron chi connectivity index (χ3n) is 1.80. The van der Waals surface area contributed by atoms with E-state index in [4.69, 9.17) is 11.5 Å². The lowest BCUT2D eigenvalue weighted by Crippen LogP contribution is -2.54. The van der Waals surface area contributed by atoms with Crippen molar-refractivity contribution in [2.45, 2.75) is 0 Å². The average Bonchev–Trinajstić information content (AvgIpc) is 1.81. The van der Waals surface area contributed by atoms with Crippen LogP contribution in [0.15, 0.2) is 0 Å². The van der Waals surface area contributed by atoms with Gasteiger partial charge < -0.3 is 11.5 Å². The van der Waals surface area contributed by atoms with Gasteiger partial charge in [0, 0.05) is 40.8 Å². The van der Waals surface area contributed by atoms with Crippen molar-refractivity contribution in [1.29, 1.82) is 0 Å². The van der Waals surface area contributed by atoms with Gasteiger partial charge in [-0.3, -0.25) is 4.21 Å². The van der Waals surface area contributed by atoms with Crippen LogP contribution in [0, 0.1) is 5.41 Å². The van der Waals surface area contributed by atoms with Crippen LogP contribution in [0.25, 0.3) is 0 Å². The molecule has 1 aliphatic heterocycles. The molecule has 0 aromatic rings. The molecule has 1 fully saturated rings. The Balaban J connectivity index is 2.44. The van der Waals surface area contributed by atoms with Gasteiger partial charge in [0.05, 0.1) is 0 Å². The molecule has 1 heterocycles. The minimum Gasteiger partial charge on any atom is -0.330 e. The van der Waals surface area contributed by atoms with E-state index in [9.17, 15) is 4.21 Å². The minimum atomic E-state index is -0.621. The second kappa shape index (κ2) is 2.36. The summed E-state index contributed by atoms with van der Waals surface area (Å²) in [7, 11) is -0.621. The molecule has 1 aliphatic rings. The van der Waals surface area contributed by atoms with E-state index < -0.39 is 10.8 Å². The van der Waals surface area contributed by atoms with Gasteiger partial charge in [-0.25, -0.2) is 0 Å². The van der Waals surface area contributed by atoms with Crippen LogP contribution in [-0.2, 0) is 10.8 Å². The van der Waals surface area contributed by atoms with E-state index in [1.54, 1.807) is 0 Å². The summed E-state index contributed by atoms with van der Waals surface area (Å²) in [5, 5.41) is 0. The van der Waals surface area contributed by atoms with Crippen molar-refractivity contribution in [2.24, 2.45) is 16.9 Å². The maximum Gasteiger partial charge on any atom is 0.0324 e. The molecule has 0 spiro atoms. The molecule has 0 amide bonds. The van der Waals surface area contributed by atoms with Crippen molar-refractivity contribution in [3.8, 4) is 0 Å². The van der Waals surface area contributed by atoms with Gasteiger partial charge in [0.1, 0.15) is 0 Å². The fourth-order valence-corrected chi connectivity index (χ4v) is 2.71. The Bertz CT molecular complexity index is 123. The minimum absolute atomic E-state index is 0.0326. The average molecular weight is 148 g/mol. The van der Waals surface area contributed by atoms with Gasteiger partial charge in [0.2, 0.25) is 0 Å². The largest absolute Gasteiger partial charge is 0.330 e. The summed E-state index contributed by atoms with van der Waals surface area (Å²) in [6.45, 7) is 1.16. The summed E-state index contributed by atoms with van der Waals surface area (Å²) in [5.74, 6) is 1.42. The first-order valence-corrected chi connectivity index (χ1v) is 4.46. The predicted molar refractivity (Wildman–Crippen MR) is 38.4 cm³/mol. The van der Waals surface area contributed by atoms with E-state index in [1.807, 2.05) is 0 Å². The van der Waals surface area contributed by atoms with E-state index in [-0.39, 0.29) is 5.41 Å². The first-order valence-electron chi connectivity index (χ1n) is 2.97. The Morgan fingerprint density at radius 2 is 1.78 bits per heavy atom. The maximum absolute atomic E-state index is 10.6. The molecule has 4 N–H and O–H groups in total. The maximum atomic E-state index is 10.6. The Labute approximate surface area is 57.2 Å². The zero-order valence-electron chi connectivity index (χ0n) is 5.30. The Kier molecular flexibility index (Phi) is 1.88. The molecule has 1 rings (SSSR count). The second-order valence-electron chi connectivity index (χ2n) is 2.64. The van der Waals surface area contributed by atoms with Crippen LogP contribution in [0.3, 0.4) is 0 Å². The SMILES string of the molecule is NCC1(CN)CS(=O)C1. The third kappa shape index (κ3) is 1.15. The molecule has 3 nitrogen and oxygen atoms in total. The van der Waals surface area contributed by atoms with Gasteiger partial charge in [-0.2, -0.15) is 0 Å². The molecule has 54 valence electrons. The van der Waals surface area contributed by atoms with Crippen molar-refractivity contribution in [3.05, 3.63) is 0 Å². The highest BCUT2D eigenvalue weighted by atomic mass is 32.2. The topological polar surface area (TPSA) is 69.1 Å². The number of hydrogen-bond donors (Lipinski definition) is 2. The van der Waals surface area contributed by atoms with Crippen LogP contribution in [0.4, 0.5) is 0 Å². The summed E-state index contributed by atoms with van der Waals surface area (Å²) in [6.07, 6.45) is 0. The standard InChI is InChI=1S/C5H12N2OS/c6-1-5(2-7)3-9(8)4-5/h1-4,6-7H2. The zero-order valence-corrected chi connectivity index (χ0v) is 6.12. The van der Waals surface area contributed by atoms with Gasteiger partial charge in [-0.05, 0) is 0 Å². The van der Waals surface area contributed by atoms with E-state index in [0.717, 1.165) is 0 Å². The molecule has 0 aliphatic carbocycles. The Morgan fingerprint density at radius 3 is 1.89 bits per heavy atom. The summed E-state index contributed by atoms with van der Waals surface area (Å²) in [5.41, 5.74) is 10.9. The Morgan fingerprint density at radius 1 is 1.33 bits per heavy atom. The highest BCUT2D eigenvalue weighted by Crippen LogP contribution is 2.26. The van der Waals surface area contributed by atoms with Gasteiger partial charge >= 0.3 is 0 Å². The fourth-order valence-electron chi connectivity index (χ4n) is 0.960. The summed E-state index contributed by atoms with van der Waals surface area (Å²) in [4.78, 5) is 0. The smallest absolute Gasteiger partial charge is 0.0324 e. The molecule has 9 heavy (non-hydrogen) atoms. The van der Waals surface area contributed by atoms with Crippen LogP contribution in [-0.4, -0.2) is 28.8 Å². The van der Waals surface area contributed by atoms with Gasteiger partial charge in [-0.15, -0.1) is 0 Å². The molecule has 0 aromatic carbocycles. The van der Waals surface area contributed by atoms with E-state index >= 15 is 0 Å². The van der Waals surface area contributed by atoms with Crippen molar-refractivity contribution < 1.29 is 4.21 Å². The van der Waals surface area contributed by atoms with Crippen LogP contribution in [0.5, 0.6) is 0 Å². The third-order valence-corrected chi connectivity index (χ3v) is 3.67. The van der Waals surface area contributed by atoms with E-state index in [1.165, 1.54) is 0 Å². The highest BCUT2D eigenvalue weighted by Gasteiger charge is 2.40. The fraction of sp³-hybridized carbons (Fsp3) is 1.00. The van der Waals surface area contributed by atoms with Crippen molar-refractivity contribution in [1.82, 2.24) is 0 Å². The van der Waals surface area contributed by atoms with Crippen LogP contribution < -0.4 is 11.5 Å². The lowest BCUT2D eigenvalue weighted by molar-refractivity contribution is 0.372. The van der Waals surface area contributed by atoms with Crippen molar-refractivity contribution in [3.63, 3.8) is 0 Å². The van der Waals surface area contributed by atoms with Crippen molar-refractivity contribution in [2.75, 3.05) is 24.6 Å². The highest BCUT2D eigenvalue weighted by molar-refractivity contribution is 7.86. The molecule has 0 saturated carbocycles. The molecule has 0 atom stereocenters. The first kappa shape index (κ1) is 7.18. The normalized spacial score (nSPS) is 25.6. The molecule has 0 bridgehead atoms. The van der Waals surface area contributed by atoms with Gasteiger partial charge in [0.25, 0.3) is 0 Å². The number of hydrogen-bond acceptors (Lipinski definition) is 3. The number of rotatable bonds is 2. The van der Waals surface area contributed by atoms with E-state index in [2.05, 4.69) is 0 Å². The lowest BCUT2D eigenvalue weighted by Gasteiger charge is -2.38. The van der Waals surface area contributed by atoms with Gasteiger partial charge in [0.15, 0.2) is 0 Å². The number of nitrogens with two attached hydrogens (primary N) is 2. The molecular formula is C5H12N2OS. The monoisotopic (exact) mass is 148 g/mol. The first-order chi connectivity index (χ1) is 4.22. The van der Waals surface area contributed by atoms with Crippen molar-refractivity contribution >= 4 is 10.8 Å². The van der Waals surface area contributed by atoms with Gasteiger partial charge in [-0.1, -0.05) is 0 Å². The lowest BCUT2D eigenvalue weighted by atomic mass is 9.93. The van der Waals surface area contributed by atoms with Crippen LogP contribution in [0.1, 0.15) is 0 Å². The zero-order chi connectivity index (χ0) is 6.91. The summed E-state index contributed by atoms with van der Waals surface area (Å²) >= 11 is 0. The molecule has 4 heteroatoms. The summed E-state index contributed by atoms with van der Waals surface area (Å²) in [6, 6.07) is 0. The quantitative estimate of drug-likeness (QED) is 0.509. The molecular weight excluding hydrogens is 136 g/mol. The molecule has 0 radical (unpaired) electrons. The second-order valence-corrected chi connectivity index (χ2v) is 4.09. The van der Waals surface area contributed by atoms with Crippen LogP contribution in [0.2, 0.25) is 0 Å². The molecule has 0 unspecified atom stereocenters. The van der Waals surface area contributed by atoms with Crippen LogP contribution >= 0.6 is 0 Å².